The molecular formula is C18H17F5N4O. The molecule has 0 saturated heterocycles. The van der Waals surface area contributed by atoms with E-state index in [-0.39, 0.29) is 17.8 Å². The molecular weight excluding hydrogens is 383 g/mol. The van der Waals surface area contributed by atoms with Gasteiger partial charge >= 0.3 is 6.18 Å². The number of amidine groups is 1. The molecule has 0 saturated carbocycles. The Morgan fingerprint density at radius 2 is 1.89 bits per heavy atom. The van der Waals surface area contributed by atoms with Gasteiger partial charge < -0.3 is 5.32 Å². The van der Waals surface area contributed by atoms with Gasteiger partial charge in [-0.1, -0.05) is 0 Å². The highest BCUT2D eigenvalue weighted by Gasteiger charge is 2.33. The summed E-state index contributed by atoms with van der Waals surface area (Å²) < 4.78 is 67.7. The van der Waals surface area contributed by atoms with Crippen molar-refractivity contribution in [2.24, 2.45) is 4.99 Å². The Morgan fingerprint density at radius 3 is 2.39 bits per heavy atom. The molecule has 0 amide bonds. The van der Waals surface area contributed by atoms with E-state index in [0.717, 1.165) is 0 Å². The summed E-state index contributed by atoms with van der Waals surface area (Å²) in [6, 6.07) is -0.544. The molecule has 0 aliphatic carbocycles. The topological polar surface area (TPSA) is 59.3 Å². The number of benzene rings is 1. The molecule has 28 heavy (non-hydrogen) atoms. The van der Waals surface area contributed by atoms with Crippen LogP contribution in [-0.4, -0.2) is 28.9 Å². The number of hydrogen-bond donors (Lipinski definition) is 1. The van der Waals surface area contributed by atoms with Crippen molar-refractivity contribution in [3.63, 3.8) is 0 Å². The standard InChI is InChI=1S/C18H17F5N4O/c1-10(17-14(19)6-13(7-15(17)20)18(21,22)23)27-9-12(8-25-27)16(4-5-28)26-11(2)24-3/h4-10H,1-3H3,(H,24,26)/b16-4-. The van der Waals surface area contributed by atoms with Crippen LogP contribution in [0, 0.1) is 11.6 Å². The zero-order valence-corrected chi connectivity index (χ0v) is 15.2. The first-order valence-electron chi connectivity index (χ1n) is 8.07. The second-order valence-corrected chi connectivity index (χ2v) is 5.87. The number of carbonyl (C=O) groups excluding carboxylic acids is 1. The third-order valence-electron chi connectivity index (χ3n) is 3.99. The van der Waals surface area contributed by atoms with Crippen molar-refractivity contribution in [1.82, 2.24) is 15.1 Å². The molecule has 1 heterocycles. The van der Waals surface area contributed by atoms with Crippen LogP contribution >= 0.6 is 0 Å². The Morgan fingerprint density at radius 1 is 1.29 bits per heavy atom. The minimum atomic E-state index is -4.86. The fourth-order valence-corrected chi connectivity index (χ4v) is 2.46. The second kappa shape index (κ2) is 8.32. The van der Waals surface area contributed by atoms with Gasteiger partial charge in [-0.05, 0) is 26.0 Å². The number of allylic oxidation sites excluding steroid dienone is 1. The molecule has 2 aromatic rings. The number of carbonyl (C=O) groups is 1. The molecule has 0 bridgehead atoms. The van der Waals surface area contributed by atoms with E-state index in [1.54, 1.807) is 14.0 Å². The molecule has 1 unspecified atom stereocenters. The molecule has 1 aromatic carbocycles. The van der Waals surface area contributed by atoms with E-state index in [1.165, 1.54) is 30.1 Å². The second-order valence-electron chi connectivity index (χ2n) is 5.87. The van der Waals surface area contributed by atoms with Crippen molar-refractivity contribution in [3.8, 4) is 0 Å². The summed E-state index contributed by atoms with van der Waals surface area (Å²) in [5.41, 5.74) is -1.32. The van der Waals surface area contributed by atoms with E-state index in [0.29, 0.717) is 17.7 Å². The fraction of sp³-hybridized carbons (Fsp3) is 0.278. The van der Waals surface area contributed by atoms with Crippen molar-refractivity contribution >= 4 is 17.8 Å². The van der Waals surface area contributed by atoms with Crippen LogP contribution < -0.4 is 5.32 Å². The van der Waals surface area contributed by atoms with Crippen LogP contribution in [0.1, 0.15) is 36.6 Å². The summed E-state index contributed by atoms with van der Waals surface area (Å²) in [6.07, 6.45) is -0.426. The molecule has 0 aliphatic rings. The lowest BCUT2D eigenvalue weighted by Gasteiger charge is -2.16. The molecule has 1 atom stereocenters. The molecule has 150 valence electrons. The number of aliphatic imine (C=N–C) groups is 1. The van der Waals surface area contributed by atoms with E-state index in [4.69, 9.17) is 0 Å². The first kappa shape index (κ1) is 21.3. The Bertz CT molecular complexity index is 907. The maximum Gasteiger partial charge on any atom is 0.416 e. The number of nitrogens with zero attached hydrogens (tertiary/aromatic N) is 3. The van der Waals surface area contributed by atoms with Gasteiger partial charge in [0.2, 0.25) is 0 Å². The van der Waals surface area contributed by atoms with Gasteiger partial charge in [0.25, 0.3) is 0 Å². The minimum absolute atomic E-state index is 0.248. The van der Waals surface area contributed by atoms with Gasteiger partial charge in [-0.3, -0.25) is 9.48 Å². The van der Waals surface area contributed by atoms with Crippen LogP contribution in [0.4, 0.5) is 22.0 Å². The number of alkyl halides is 3. The molecule has 1 N–H and O–H groups in total. The van der Waals surface area contributed by atoms with Gasteiger partial charge in [-0.25, -0.2) is 13.8 Å². The first-order valence-corrected chi connectivity index (χ1v) is 8.07. The Hall–Kier alpha value is -3.04. The number of aromatic nitrogens is 2. The summed E-state index contributed by atoms with van der Waals surface area (Å²) in [4.78, 5) is 15.0. The van der Waals surface area contributed by atoms with E-state index < -0.39 is 35.0 Å². The normalized spacial score (nSPS) is 14.1. The maximum atomic E-state index is 14.2. The summed E-state index contributed by atoms with van der Waals surface area (Å²) >= 11 is 0. The summed E-state index contributed by atoms with van der Waals surface area (Å²) in [5, 5.41) is 6.78. The van der Waals surface area contributed by atoms with Gasteiger partial charge in [-0.15, -0.1) is 0 Å². The molecule has 5 nitrogen and oxygen atoms in total. The lowest BCUT2D eigenvalue weighted by Crippen LogP contribution is -2.14. The van der Waals surface area contributed by atoms with Crippen molar-refractivity contribution in [2.45, 2.75) is 26.1 Å². The summed E-state index contributed by atoms with van der Waals surface area (Å²) in [6.45, 7) is 3.05. The Kier molecular flexibility index (Phi) is 6.32. The SMILES string of the molecule is CN/C(C)=N\C(=C/C=O)c1cnn(C(C)c2c(F)cc(C(F)(F)F)cc2F)c1. The van der Waals surface area contributed by atoms with Crippen molar-refractivity contribution in [2.75, 3.05) is 7.05 Å². The number of aldehydes is 1. The van der Waals surface area contributed by atoms with Gasteiger partial charge in [0.05, 0.1) is 29.3 Å². The molecule has 0 radical (unpaired) electrons. The lowest BCUT2D eigenvalue weighted by molar-refractivity contribution is -0.138. The largest absolute Gasteiger partial charge is 0.416 e. The number of nitrogens with one attached hydrogen (secondary N) is 1. The number of rotatable bonds is 5. The summed E-state index contributed by atoms with van der Waals surface area (Å²) in [5.74, 6) is -2.15. The predicted octanol–water partition coefficient (Wildman–Crippen LogP) is 3.97. The Balaban J connectivity index is 2.43. The van der Waals surface area contributed by atoms with Crippen molar-refractivity contribution in [3.05, 3.63) is 58.9 Å². The molecule has 0 fully saturated rings. The summed E-state index contributed by atoms with van der Waals surface area (Å²) in [7, 11) is 1.64. The monoisotopic (exact) mass is 400 g/mol. The van der Waals surface area contributed by atoms with Crippen LogP contribution in [0.2, 0.25) is 0 Å². The highest BCUT2D eigenvalue weighted by Crippen LogP contribution is 2.34. The zero-order chi connectivity index (χ0) is 21.1. The number of halogens is 5. The fourth-order valence-electron chi connectivity index (χ4n) is 2.46. The molecule has 1 aromatic heterocycles. The predicted molar refractivity (Wildman–Crippen MR) is 93.6 cm³/mol. The van der Waals surface area contributed by atoms with Crippen molar-refractivity contribution < 1.29 is 26.7 Å². The van der Waals surface area contributed by atoms with Gasteiger partial charge in [-0.2, -0.15) is 18.3 Å². The molecule has 2 rings (SSSR count). The first-order chi connectivity index (χ1) is 13.1. The average molecular weight is 400 g/mol. The lowest BCUT2D eigenvalue weighted by atomic mass is 10.0. The molecule has 0 spiro atoms. The van der Waals surface area contributed by atoms with E-state index >= 15 is 0 Å². The quantitative estimate of drug-likeness (QED) is 0.272. The van der Waals surface area contributed by atoms with Crippen LogP contribution in [0.15, 0.2) is 35.6 Å². The van der Waals surface area contributed by atoms with E-state index in [9.17, 15) is 26.7 Å². The average Bonchev–Trinajstić information content (AvgIpc) is 3.09. The highest BCUT2D eigenvalue weighted by atomic mass is 19.4. The van der Waals surface area contributed by atoms with E-state index in [2.05, 4.69) is 15.4 Å². The van der Waals surface area contributed by atoms with Crippen LogP contribution in [0.3, 0.4) is 0 Å². The number of hydrogen-bond acceptors (Lipinski definition) is 3. The van der Waals surface area contributed by atoms with Gasteiger partial charge in [0, 0.05) is 30.4 Å². The minimum Gasteiger partial charge on any atom is -0.377 e. The van der Waals surface area contributed by atoms with Crippen LogP contribution in [0.5, 0.6) is 0 Å². The molecule has 0 aliphatic heterocycles. The van der Waals surface area contributed by atoms with Gasteiger partial charge in [0.15, 0.2) is 0 Å². The van der Waals surface area contributed by atoms with Gasteiger partial charge in [0.1, 0.15) is 17.9 Å². The van der Waals surface area contributed by atoms with E-state index in [1.807, 2.05) is 0 Å². The van der Waals surface area contributed by atoms with Crippen LogP contribution in [0.25, 0.3) is 5.70 Å². The highest BCUT2D eigenvalue weighted by molar-refractivity contribution is 5.89. The van der Waals surface area contributed by atoms with Crippen molar-refractivity contribution in [1.29, 1.82) is 0 Å². The third-order valence-corrected chi connectivity index (χ3v) is 3.99. The molecule has 10 heteroatoms. The third kappa shape index (κ3) is 4.62. The Labute approximate surface area is 157 Å². The smallest absolute Gasteiger partial charge is 0.377 e. The van der Waals surface area contributed by atoms with Crippen LogP contribution in [-0.2, 0) is 11.0 Å². The zero-order valence-electron chi connectivity index (χ0n) is 15.2. The maximum absolute atomic E-state index is 14.2.